The number of aromatic carboxylic acids is 2. The van der Waals surface area contributed by atoms with Gasteiger partial charge in [0.05, 0.1) is 16.0 Å². The molecule has 0 fully saturated rings. The highest BCUT2D eigenvalue weighted by molar-refractivity contribution is 7.86. The minimum Gasteiger partial charge on any atom is -0.478 e. The van der Waals surface area contributed by atoms with Crippen molar-refractivity contribution in [3.8, 4) is 0 Å². The molecule has 2 rings (SSSR count). The van der Waals surface area contributed by atoms with Gasteiger partial charge in [0.2, 0.25) is 0 Å². The first-order valence-corrected chi connectivity index (χ1v) is 8.74. The SMILES string of the molecule is O=C(O)c1cc(C(=O)O)c2cc(S(=O)(=O)O)cc(S(=O)(=O)O)c2c1. The van der Waals surface area contributed by atoms with Crippen LogP contribution in [0.2, 0.25) is 0 Å². The first-order chi connectivity index (χ1) is 10.8. The number of rotatable bonds is 4. The van der Waals surface area contributed by atoms with Crippen molar-refractivity contribution in [1.82, 2.24) is 0 Å². The maximum absolute atomic E-state index is 11.5. The van der Waals surface area contributed by atoms with E-state index in [4.69, 9.17) is 14.8 Å². The molecule has 0 atom stereocenters. The second kappa shape index (κ2) is 5.52. The van der Waals surface area contributed by atoms with Crippen LogP contribution < -0.4 is 0 Å². The maximum atomic E-state index is 11.5. The average molecular weight is 376 g/mol. The minimum absolute atomic E-state index is 0.393. The van der Waals surface area contributed by atoms with Crippen LogP contribution in [0.3, 0.4) is 0 Å². The Morgan fingerprint density at radius 1 is 0.750 bits per heavy atom. The lowest BCUT2D eigenvalue weighted by atomic mass is 10.0. The molecule has 0 heterocycles. The summed E-state index contributed by atoms with van der Waals surface area (Å²) in [6.07, 6.45) is 0. The Labute approximate surface area is 134 Å². The molecule has 10 nitrogen and oxygen atoms in total. The zero-order valence-electron chi connectivity index (χ0n) is 11.4. The van der Waals surface area contributed by atoms with E-state index < -0.39 is 63.9 Å². The number of carboxylic acid groups (broad SMARTS) is 2. The number of hydrogen-bond donors (Lipinski definition) is 4. The number of hydrogen-bond acceptors (Lipinski definition) is 6. The lowest BCUT2D eigenvalue weighted by molar-refractivity contribution is 0.0696. The van der Waals surface area contributed by atoms with Gasteiger partial charge in [0.1, 0.15) is 4.90 Å². The number of carboxylic acids is 2. The van der Waals surface area contributed by atoms with Crippen molar-refractivity contribution in [2.24, 2.45) is 0 Å². The molecule has 0 bridgehead atoms. The van der Waals surface area contributed by atoms with Gasteiger partial charge in [0.25, 0.3) is 20.2 Å². The van der Waals surface area contributed by atoms with Crippen LogP contribution in [0.5, 0.6) is 0 Å². The van der Waals surface area contributed by atoms with E-state index in [-0.39, 0.29) is 0 Å². The van der Waals surface area contributed by atoms with E-state index in [9.17, 15) is 31.0 Å². The van der Waals surface area contributed by atoms with Crippen LogP contribution in [0.1, 0.15) is 20.7 Å². The van der Waals surface area contributed by atoms with Gasteiger partial charge in [-0.15, -0.1) is 0 Å². The fraction of sp³-hybridized carbons (Fsp3) is 0. The Bertz CT molecular complexity index is 1100. The van der Waals surface area contributed by atoms with Crippen LogP contribution in [0.25, 0.3) is 10.8 Å². The van der Waals surface area contributed by atoms with E-state index >= 15 is 0 Å². The molecule has 2 aromatic rings. The molecule has 12 heteroatoms. The Morgan fingerprint density at radius 2 is 1.33 bits per heavy atom. The second-order valence-corrected chi connectivity index (χ2v) is 7.41. The first kappa shape index (κ1) is 17.8. The third kappa shape index (κ3) is 3.21. The molecule has 0 saturated carbocycles. The molecule has 4 N–H and O–H groups in total. The van der Waals surface area contributed by atoms with Crippen LogP contribution in [-0.4, -0.2) is 48.1 Å². The van der Waals surface area contributed by atoms with Crippen molar-refractivity contribution in [1.29, 1.82) is 0 Å². The van der Waals surface area contributed by atoms with E-state index in [0.717, 1.165) is 6.07 Å². The second-order valence-electron chi connectivity index (χ2n) is 4.60. The predicted octanol–water partition coefficient (Wildman–Crippen LogP) is 0.730. The highest BCUT2D eigenvalue weighted by Crippen LogP contribution is 2.31. The van der Waals surface area contributed by atoms with Gasteiger partial charge in [-0.25, -0.2) is 9.59 Å². The third-order valence-electron chi connectivity index (χ3n) is 3.06. The van der Waals surface area contributed by atoms with Crippen molar-refractivity contribution in [2.75, 3.05) is 0 Å². The summed E-state index contributed by atoms with van der Waals surface area (Å²) in [4.78, 5) is 20.3. The molecule has 2 aromatic carbocycles. The van der Waals surface area contributed by atoms with Crippen LogP contribution >= 0.6 is 0 Å². The quantitative estimate of drug-likeness (QED) is 0.555. The maximum Gasteiger partial charge on any atom is 0.336 e. The molecule has 0 radical (unpaired) electrons. The highest BCUT2D eigenvalue weighted by Gasteiger charge is 2.24. The summed E-state index contributed by atoms with van der Waals surface area (Å²) in [6, 6.07) is 2.51. The van der Waals surface area contributed by atoms with Crippen molar-refractivity contribution < 1.29 is 45.7 Å². The molecule has 0 saturated heterocycles. The molecule has 0 aliphatic heterocycles. The van der Waals surface area contributed by atoms with Crippen molar-refractivity contribution in [3.05, 3.63) is 35.4 Å². The van der Waals surface area contributed by atoms with Gasteiger partial charge in [0.15, 0.2) is 0 Å². The zero-order valence-corrected chi connectivity index (χ0v) is 13.0. The normalized spacial score (nSPS) is 12.2. The molecular weight excluding hydrogens is 368 g/mol. The molecular formula is C12H8O10S2. The molecule has 0 aliphatic carbocycles. The summed E-state index contributed by atoms with van der Waals surface area (Å²) < 4.78 is 63.7. The summed E-state index contributed by atoms with van der Waals surface area (Å²) in [7, 11) is -9.99. The fourth-order valence-corrected chi connectivity index (χ4v) is 3.40. The average Bonchev–Trinajstić information content (AvgIpc) is 2.42. The monoisotopic (exact) mass is 376 g/mol. The van der Waals surface area contributed by atoms with E-state index in [1.54, 1.807) is 0 Å². The van der Waals surface area contributed by atoms with Crippen LogP contribution in [-0.2, 0) is 20.2 Å². The smallest absolute Gasteiger partial charge is 0.336 e. The van der Waals surface area contributed by atoms with Crippen LogP contribution in [0.4, 0.5) is 0 Å². The Morgan fingerprint density at radius 3 is 1.75 bits per heavy atom. The Balaban J connectivity index is 3.18. The van der Waals surface area contributed by atoms with E-state index in [2.05, 4.69) is 0 Å². The van der Waals surface area contributed by atoms with Crippen molar-refractivity contribution in [2.45, 2.75) is 9.79 Å². The standard InChI is InChI=1S/C12H8O10S2/c13-11(14)5-1-8-7(9(2-5)12(15)16)3-6(23(17,18)19)4-10(8)24(20,21)22/h1-4H,(H,13,14)(H,15,16)(H,17,18,19)(H,20,21,22). The van der Waals surface area contributed by atoms with E-state index in [0.29, 0.717) is 18.2 Å². The van der Waals surface area contributed by atoms with Crippen molar-refractivity contribution >= 4 is 42.9 Å². The van der Waals surface area contributed by atoms with Crippen LogP contribution in [0.15, 0.2) is 34.1 Å². The van der Waals surface area contributed by atoms with Gasteiger partial charge in [-0.2, -0.15) is 16.8 Å². The van der Waals surface area contributed by atoms with E-state index in [1.165, 1.54) is 0 Å². The van der Waals surface area contributed by atoms with Gasteiger partial charge in [-0.05, 0) is 29.7 Å². The number of carbonyl (C=O) groups is 2. The largest absolute Gasteiger partial charge is 0.478 e. The third-order valence-corrected chi connectivity index (χ3v) is 4.78. The highest BCUT2D eigenvalue weighted by atomic mass is 32.2. The molecule has 0 amide bonds. The lowest BCUT2D eigenvalue weighted by Gasteiger charge is -2.10. The summed E-state index contributed by atoms with van der Waals surface area (Å²) in [5.74, 6) is -3.24. The summed E-state index contributed by atoms with van der Waals surface area (Å²) in [5.41, 5.74) is -1.32. The fourth-order valence-electron chi connectivity index (χ4n) is 2.07. The van der Waals surface area contributed by atoms with Gasteiger partial charge in [0, 0.05) is 5.39 Å². The first-order valence-electron chi connectivity index (χ1n) is 5.85. The van der Waals surface area contributed by atoms with Crippen LogP contribution in [0, 0.1) is 0 Å². The molecule has 24 heavy (non-hydrogen) atoms. The van der Waals surface area contributed by atoms with Crippen molar-refractivity contribution in [3.63, 3.8) is 0 Å². The number of benzene rings is 2. The molecule has 0 spiro atoms. The number of fused-ring (bicyclic) bond motifs is 1. The molecule has 0 aromatic heterocycles. The summed E-state index contributed by atoms with van der Waals surface area (Å²) >= 11 is 0. The molecule has 0 unspecified atom stereocenters. The molecule has 0 aliphatic rings. The Hall–Kier alpha value is -2.54. The predicted molar refractivity (Wildman–Crippen MR) is 77.5 cm³/mol. The Kier molecular flexibility index (Phi) is 4.10. The van der Waals surface area contributed by atoms with Gasteiger partial charge in [-0.1, -0.05) is 0 Å². The summed E-state index contributed by atoms with van der Waals surface area (Å²) in [6.45, 7) is 0. The van der Waals surface area contributed by atoms with Gasteiger partial charge >= 0.3 is 11.9 Å². The summed E-state index contributed by atoms with van der Waals surface area (Å²) in [5, 5.41) is 17.1. The minimum atomic E-state index is -5.06. The topological polar surface area (TPSA) is 183 Å². The van der Waals surface area contributed by atoms with E-state index in [1.807, 2.05) is 0 Å². The van der Waals surface area contributed by atoms with Gasteiger partial charge in [-0.3, -0.25) is 9.11 Å². The van der Waals surface area contributed by atoms with Gasteiger partial charge < -0.3 is 10.2 Å². The lowest BCUT2D eigenvalue weighted by Crippen LogP contribution is -2.08. The zero-order chi connectivity index (χ0) is 18.4. The molecule has 128 valence electrons.